The van der Waals surface area contributed by atoms with Crippen LogP contribution in [0.3, 0.4) is 0 Å². The third-order valence-electron chi connectivity index (χ3n) is 2.66. The summed E-state index contributed by atoms with van der Waals surface area (Å²) in [6.45, 7) is 6.98. The molecule has 1 aromatic heterocycles. The van der Waals surface area contributed by atoms with Crippen LogP contribution in [0.5, 0.6) is 0 Å². The molecular formula is C15H18N2O4. The Bertz CT molecular complexity index is 715. The van der Waals surface area contributed by atoms with Gasteiger partial charge in [0.1, 0.15) is 11.6 Å². The molecule has 0 aliphatic rings. The normalized spacial score (nSPS) is 13.0. The first-order valence-corrected chi connectivity index (χ1v) is 6.65. The average Bonchev–Trinajstić information content (AvgIpc) is 2.36. The van der Waals surface area contributed by atoms with Gasteiger partial charge < -0.3 is 14.5 Å². The van der Waals surface area contributed by atoms with E-state index in [-0.39, 0.29) is 5.89 Å². The number of amides is 1. The molecule has 2 rings (SSSR count). The molecular weight excluding hydrogens is 272 g/mol. The summed E-state index contributed by atoms with van der Waals surface area (Å²) in [5.41, 5.74) is -0.545. The number of para-hydroxylation sites is 1. The van der Waals surface area contributed by atoms with Crippen molar-refractivity contribution < 1.29 is 13.9 Å². The highest BCUT2D eigenvalue weighted by atomic mass is 16.6. The smallest absolute Gasteiger partial charge is 0.408 e. The van der Waals surface area contributed by atoms with Crippen LogP contribution in [0.15, 0.2) is 33.5 Å². The molecule has 1 unspecified atom stereocenters. The van der Waals surface area contributed by atoms with Crippen LogP contribution in [0.4, 0.5) is 4.79 Å². The molecule has 6 heteroatoms. The zero-order chi connectivity index (χ0) is 15.6. The van der Waals surface area contributed by atoms with Gasteiger partial charge in [-0.15, -0.1) is 0 Å². The second-order valence-corrected chi connectivity index (χ2v) is 5.72. The number of rotatable bonds is 2. The highest BCUT2D eigenvalue weighted by Crippen LogP contribution is 2.14. The first kappa shape index (κ1) is 15.0. The van der Waals surface area contributed by atoms with Crippen molar-refractivity contribution in [1.82, 2.24) is 10.3 Å². The van der Waals surface area contributed by atoms with Crippen molar-refractivity contribution in [2.24, 2.45) is 0 Å². The van der Waals surface area contributed by atoms with Gasteiger partial charge in [-0.25, -0.2) is 14.6 Å². The van der Waals surface area contributed by atoms with Crippen molar-refractivity contribution in [3.8, 4) is 0 Å². The van der Waals surface area contributed by atoms with Gasteiger partial charge in [0.2, 0.25) is 5.89 Å². The molecule has 21 heavy (non-hydrogen) atoms. The monoisotopic (exact) mass is 290 g/mol. The number of fused-ring (bicyclic) bond motifs is 1. The zero-order valence-corrected chi connectivity index (χ0v) is 12.5. The third-order valence-corrected chi connectivity index (χ3v) is 2.66. The minimum Gasteiger partial charge on any atom is -0.444 e. The Labute approximate surface area is 122 Å². The maximum atomic E-state index is 11.9. The van der Waals surface area contributed by atoms with E-state index in [2.05, 4.69) is 10.3 Å². The van der Waals surface area contributed by atoms with E-state index in [9.17, 15) is 9.59 Å². The van der Waals surface area contributed by atoms with E-state index in [4.69, 9.17) is 9.15 Å². The molecule has 0 saturated heterocycles. The maximum Gasteiger partial charge on any atom is 0.408 e. The molecule has 0 saturated carbocycles. The molecule has 1 N–H and O–H groups in total. The number of ether oxygens (including phenoxy) is 1. The number of nitrogens with zero attached hydrogens (tertiary/aromatic N) is 1. The lowest BCUT2D eigenvalue weighted by molar-refractivity contribution is 0.0499. The van der Waals surface area contributed by atoms with Crippen LogP contribution in [0.1, 0.15) is 39.6 Å². The fraction of sp³-hybridized carbons (Fsp3) is 0.400. The summed E-state index contributed by atoms with van der Waals surface area (Å²) in [4.78, 5) is 27.8. The van der Waals surface area contributed by atoms with Crippen molar-refractivity contribution >= 4 is 17.0 Å². The van der Waals surface area contributed by atoms with Gasteiger partial charge in [-0.3, -0.25) is 0 Å². The van der Waals surface area contributed by atoms with Crippen LogP contribution in [0, 0.1) is 0 Å². The van der Waals surface area contributed by atoms with E-state index in [1.165, 1.54) is 0 Å². The van der Waals surface area contributed by atoms with Gasteiger partial charge in [0, 0.05) is 0 Å². The predicted molar refractivity (Wildman–Crippen MR) is 78.1 cm³/mol. The van der Waals surface area contributed by atoms with Crippen molar-refractivity contribution in [3.63, 3.8) is 0 Å². The second kappa shape index (κ2) is 5.55. The summed E-state index contributed by atoms with van der Waals surface area (Å²) >= 11 is 0. The molecule has 6 nitrogen and oxygen atoms in total. The molecule has 1 aromatic carbocycles. The Hall–Kier alpha value is -2.37. The van der Waals surface area contributed by atoms with E-state index in [0.29, 0.717) is 10.9 Å². The fourth-order valence-electron chi connectivity index (χ4n) is 1.77. The number of carbonyl (C=O) groups is 1. The highest BCUT2D eigenvalue weighted by Gasteiger charge is 2.20. The first-order valence-electron chi connectivity index (χ1n) is 6.65. The van der Waals surface area contributed by atoms with E-state index < -0.39 is 23.4 Å². The van der Waals surface area contributed by atoms with Gasteiger partial charge in [-0.05, 0) is 39.8 Å². The topological polar surface area (TPSA) is 81.4 Å². The molecule has 0 bridgehead atoms. The number of aromatic nitrogens is 1. The molecule has 1 atom stereocenters. The van der Waals surface area contributed by atoms with Gasteiger partial charge in [0.05, 0.1) is 10.9 Å². The van der Waals surface area contributed by atoms with E-state index in [1.807, 2.05) is 0 Å². The zero-order valence-electron chi connectivity index (χ0n) is 12.5. The highest BCUT2D eigenvalue weighted by molar-refractivity contribution is 5.76. The molecule has 0 fully saturated rings. The Kier molecular flexibility index (Phi) is 3.97. The van der Waals surface area contributed by atoms with Crippen molar-refractivity contribution in [3.05, 3.63) is 40.6 Å². The first-order chi connectivity index (χ1) is 9.76. The van der Waals surface area contributed by atoms with E-state index >= 15 is 0 Å². The van der Waals surface area contributed by atoms with Crippen LogP contribution in [-0.2, 0) is 4.74 Å². The van der Waals surface area contributed by atoms with Gasteiger partial charge in [-0.1, -0.05) is 12.1 Å². The molecule has 0 spiro atoms. The van der Waals surface area contributed by atoms with Crippen LogP contribution in [-0.4, -0.2) is 16.7 Å². The Balaban J connectivity index is 2.22. The average molecular weight is 290 g/mol. The minimum absolute atomic E-state index is 0.143. The second-order valence-electron chi connectivity index (χ2n) is 5.72. The van der Waals surface area contributed by atoms with E-state index in [1.54, 1.807) is 52.0 Å². The number of carbonyl (C=O) groups excluding carboxylic acids is 1. The van der Waals surface area contributed by atoms with Gasteiger partial charge in [0.15, 0.2) is 0 Å². The number of hydrogen-bond donors (Lipinski definition) is 1. The van der Waals surface area contributed by atoms with Crippen LogP contribution in [0.25, 0.3) is 10.9 Å². The quantitative estimate of drug-likeness (QED) is 0.919. The molecule has 2 aromatic rings. The Morgan fingerprint density at radius 2 is 2.00 bits per heavy atom. The van der Waals surface area contributed by atoms with Crippen LogP contribution < -0.4 is 10.9 Å². The summed E-state index contributed by atoms with van der Waals surface area (Å²) < 4.78 is 10.3. The lowest BCUT2D eigenvalue weighted by Crippen LogP contribution is -2.34. The number of hydrogen-bond acceptors (Lipinski definition) is 5. The molecule has 1 heterocycles. The van der Waals surface area contributed by atoms with Crippen LogP contribution >= 0.6 is 0 Å². The fourth-order valence-corrected chi connectivity index (χ4v) is 1.77. The number of alkyl carbamates (subject to hydrolysis) is 1. The summed E-state index contributed by atoms with van der Waals surface area (Å²) in [6.07, 6.45) is -0.590. The molecule has 0 aliphatic heterocycles. The third kappa shape index (κ3) is 3.81. The Morgan fingerprint density at radius 1 is 1.33 bits per heavy atom. The summed E-state index contributed by atoms with van der Waals surface area (Å²) in [6, 6.07) is 6.31. The molecule has 0 aliphatic carbocycles. The van der Waals surface area contributed by atoms with Gasteiger partial charge in [-0.2, -0.15) is 0 Å². The lowest BCUT2D eigenvalue weighted by atomic mass is 10.2. The predicted octanol–water partition coefficient (Wildman–Crippen LogP) is 2.77. The van der Waals surface area contributed by atoms with Gasteiger partial charge >= 0.3 is 11.7 Å². The maximum absolute atomic E-state index is 11.9. The minimum atomic E-state index is -0.596. The molecule has 0 radical (unpaired) electrons. The molecule has 112 valence electrons. The largest absolute Gasteiger partial charge is 0.444 e. The van der Waals surface area contributed by atoms with Crippen LogP contribution in [0.2, 0.25) is 0 Å². The lowest BCUT2D eigenvalue weighted by Gasteiger charge is -2.21. The van der Waals surface area contributed by atoms with Crippen molar-refractivity contribution in [1.29, 1.82) is 0 Å². The van der Waals surface area contributed by atoms with E-state index in [0.717, 1.165) is 0 Å². The SMILES string of the molecule is CC(NC(=O)OC(C)(C)C)c1nc2ccccc2c(=O)o1. The molecule has 1 amide bonds. The van der Waals surface area contributed by atoms with Gasteiger partial charge in [0.25, 0.3) is 0 Å². The summed E-state index contributed by atoms with van der Waals surface area (Å²) in [7, 11) is 0. The van der Waals surface area contributed by atoms with Crippen molar-refractivity contribution in [2.45, 2.75) is 39.3 Å². The standard InChI is InChI=1S/C15H18N2O4/c1-9(16-14(19)21-15(2,3)4)12-17-11-8-6-5-7-10(11)13(18)20-12/h5-9H,1-4H3,(H,16,19). The Morgan fingerprint density at radius 3 is 2.67 bits per heavy atom. The summed E-state index contributed by atoms with van der Waals surface area (Å²) in [5.74, 6) is 0.143. The van der Waals surface area contributed by atoms with Crippen molar-refractivity contribution in [2.75, 3.05) is 0 Å². The summed E-state index contributed by atoms with van der Waals surface area (Å²) in [5, 5.41) is 3.00. The number of nitrogens with one attached hydrogen (secondary N) is 1. The number of benzene rings is 1.